The van der Waals surface area contributed by atoms with Gasteiger partial charge in [0.15, 0.2) is 11.9 Å². The lowest BCUT2D eigenvalue weighted by molar-refractivity contribution is -0.123. The zero-order chi connectivity index (χ0) is 19.3. The lowest BCUT2D eigenvalue weighted by atomic mass is 10.1. The molecule has 26 heavy (non-hydrogen) atoms. The summed E-state index contributed by atoms with van der Waals surface area (Å²) in [7, 11) is 1.43. The molecule has 7 nitrogen and oxygen atoms in total. The SMILES string of the molecule is COc1ccc(C(=O)O[C@H](C)C(=O)Nc2ccc(C(C)=O)cc2)c(O)c1. The molecule has 0 unspecified atom stereocenters. The summed E-state index contributed by atoms with van der Waals surface area (Å²) >= 11 is 0. The number of methoxy groups -OCH3 is 1. The van der Waals surface area contributed by atoms with Gasteiger partial charge in [0.25, 0.3) is 5.91 Å². The van der Waals surface area contributed by atoms with Gasteiger partial charge < -0.3 is 19.9 Å². The first-order valence-electron chi connectivity index (χ1n) is 7.81. The average molecular weight is 357 g/mol. The molecule has 0 radical (unpaired) electrons. The average Bonchev–Trinajstić information content (AvgIpc) is 2.61. The van der Waals surface area contributed by atoms with E-state index in [1.165, 1.54) is 39.2 Å². The van der Waals surface area contributed by atoms with Crippen molar-refractivity contribution in [1.82, 2.24) is 0 Å². The first kappa shape index (κ1) is 19.0. The number of phenols is 1. The number of rotatable bonds is 6. The van der Waals surface area contributed by atoms with Crippen molar-refractivity contribution in [2.75, 3.05) is 12.4 Å². The molecule has 2 rings (SSSR count). The molecule has 7 heteroatoms. The van der Waals surface area contributed by atoms with Crippen LogP contribution < -0.4 is 10.1 Å². The maximum absolute atomic E-state index is 12.1. The van der Waals surface area contributed by atoms with E-state index in [1.54, 1.807) is 24.3 Å². The summed E-state index contributed by atoms with van der Waals surface area (Å²) in [4.78, 5) is 35.5. The van der Waals surface area contributed by atoms with Gasteiger partial charge in [-0.2, -0.15) is 0 Å². The number of hydrogen-bond acceptors (Lipinski definition) is 6. The van der Waals surface area contributed by atoms with Crippen LogP contribution in [0.15, 0.2) is 42.5 Å². The maximum atomic E-state index is 12.1. The van der Waals surface area contributed by atoms with Crippen molar-refractivity contribution in [2.45, 2.75) is 20.0 Å². The Balaban J connectivity index is 1.99. The maximum Gasteiger partial charge on any atom is 0.342 e. The summed E-state index contributed by atoms with van der Waals surface area (Å²) in [5.74, 6) is -1.37. The van der Waals surface area contributed by atoms with Crippen molar-refractivity contribution in [3.05, 3.63) is 53.6 Å². The molecule has 1 amide bonds. The van der Waals surface area contributed by atoms with Gasteiger partial charge in [-0.15, -0.1) is 0 Å². The van der Waals surface area contributed by atoms with E-state index in [4.69, 9.17) is 9.47 Å². The summed E-state index contributed by atoms with van der Waals surface area (Å²) in [5.41, 5.74) is 0.920. The van der Waals surface area contributed by atoms with E-state index in [0.29, 0.717) is 17.0 Å². The topological polar surface area (TPSA) is 102 Å². The highest BCUT2D eigenvalue weighted by molar-refractivity contribution is 5.99. The summed E-state index contributed by atoms with van der Waals surface area (Å²) in [6.07, 6.45) is -1.09. The van der Waals surface area contributed by atoms with Crippen LogP contribution in [0.1, 0.15) is 34.6 Å². The molecule has 0 aromatic heterocycles. The van der Waals surface area contributed by atoms with Crippen LogP contribution in [0.3, 0.4) is 0 Å². The molecule has 0 saturated carbocycles. The summed E-state index contributed by atoms with van der Waals surface area (Å²) < 4.78 is 10.0. The number of hydrogen-bond donors (Lipinski definition) is 2. The molecule has 0 aliphatic carbocycles. The summed E-state index contributed by atoms with van der Waals surface area (Å²) in [6, 6.07) is 10.5. The van der Waals surface area contributed by atoms with Crippen LogP contribution in [0.2, 0.25) is 0 Å². The van der Waals surface area contributed by atoms with Crippen molar-refractivity contribution in [1.29, 1.82) is 0 Å². The number of carbonyl (C=O) groups excluding carboxylic acids is 3. The quantitative estimate of drug-likeness (QED) is 0.609. The van der Waals surface area contributed by atoms with Gasteiger partial charge in [-0.05, 0) is 50.2 Å². The molecule has 0 aliphatic heterocycles. The third-order valence-corrected chi connectivity index (χ3v) is 3.64. The third-order valence-electron chi connectivity index (χ3n) is 3.64. The number of phenolic OH excluding ortho intramolecular Hbond substituents is 1. The van der Waals surface area contributed by atoms with E-state index in [9.17, 15) is 19.5 Å². The molecule has 1 atom stereocenters. The molecule has 0 saturated heterocycles. The second kappa shape index (κ2) is 8.15. The largest absolute Gasteiger partial charge is 0.507 e. The molecule has 0 heterocycles. The third kappa shape index (κ3) is 4.60. The van der Waals surface area contributed by atoms with Gasteiger partial charge in [0, 0.05) is 17.3 Å². The molecule has 136 valence electrons. The molecular formula is C19H19NO6. The number of amides is 1. The number of ether oxygens (including phenoxy) is 2. The standard InChI is InChI=1S/C19H19NO6/c1-11(21)13-4-6-14(7-5-13)20-18(23)12(2)26-19(24)16-9-8-15(25-3)10-17(16)22/h4-10,12,22H,1-3H3,(H,20,23)/t12-/m1/s1. The highest BCUT2D eigenvalue weighted by Crippen LogP contribution is 2.24. The minimum Gasteiger partial charge on any atom is -0.507 e. The number of anilines is 1. The van der Waals surface area contributed by atoms with E-state index in [2.05, 4.69) is 5.32 Å². The number of benzene rings is 2. The van der Waals surface area contributed by atoms with Gasteiger partial charge in [-0.3, -0.25) is 9.59 Å². The van der Waals surface area contributed by atoms with Crippen LogP contribution in [0, 0.1) is 0 Å². The fraction of sp³-hybridized carbons (Fsp3) is 0.211. The van der Waals surface area contributed by atoms with Crippen LogP contribution in [0.4, 0.5) is 5.69 Å². The zero-order valence-electron chi connectivity index (χ0n) is 14.6. The Morgan fingerprint density at radius 3 is 2.27 bits per heavy atom. The van der Waals surface area contributed by atoms with Gasteiger partial charge in [-0.1, -0.05) is 0 Å². The zero-order valence-corrected chi connectivity index (χ0v) is 14.6. The van der Waals surface area contributed by atoms with E-state index in [-0.39, 0.29) is 17.1 Å². The molecule has 2 aromatic rings. The van der Waals surface area contributed by atoms with Gasteiger partial charge in [-0.25, -0.2) is 4.79 Å². The predicted molar refractivity (Wildman–Crippen MR) is 94.6 cm³/mol. The molecule has 0 bridgehead atoms. The minimum atomic E-state index is -1.09. The second-order valence-corrected chi connectivity index (χ2v) is 5.55. The lowest BCUT2D eigenvalue weighted by Gasteiger charge is -2.14. The number of ketones is 1. The van der Waals surface area contributed by atoms with E-state index >= 15 is 0 Å². The van der Waals surface area contributed by atoms with Crippen LogP contribution >= 0.6 is 0 Å². The fourth-order valence-electron chi connectivity index (χ4n) is 2.12. The molecule has 0 fully saturated rings. The summed E-state index contributed by atoms with van der Waals surface area (Å²) in [5, 5.41) is 12.4. The Kier molecular flexibility index (Phi) is 5.95. The molecular weight excluding hydrogens is 338 g/mol. The van der Waals surface area contributed by atoms with E-state index < -0.39 is 18.0 Å². The summed E-state index contributed by atoms with van der Waals surface area (Å²) in [6.45, 7) is 2.86. The number of Topliss-reactive ketones (excluding diaryl/α,β-unsaturated/α-hetero) is 1. The second-order valence-electron chi connectivity index (χ2n) is 5.55. The van der Waals surface area contributed by atoms with Gasteiger partial charge in [0.2, 0.25) is 0 Å². The Morgan fingerprint density at radius 1 is 1.08 bits per heavy atom. The van der Waals surface area contributed by atoms with Gasteiger partial charge in [0.05, 0.1) is 7.11 Å². The number of esters is 1. The van der Waals surface area contributed by atoms with Gasteiger partial charge >= 0.3 is 5.97 Å². The Hall–Kier alpha value is -3.35. The Morgan fingerprint density at radius 2 is 1.73 bits per heavy atom. The van der Waals surface area contributed by atoms with Crippen LogP contribution in [-0.4, -0.2) is 36.0 Å². The Labute approximate surface area is 150 Å². The first-order chi connectivity index (χ1) is 12.3. The van der Waals surface area contributed by atoms with Crippen molar-refractivity contribution in [2.24, 2.45) is 0 Å². The van der Waals surface area contributed by atoms with Crippen molar-refractivity contribution in [3.8, 4) is 11.5 Å². The van der Waals surface area contributed by atoms with Crippen molar-refractivity contribution < 1.29 is 29.0 Å². The van der Waals surface area contributed by atoms with Crippen molar-refractivity contribution in [3.63, 3.8) is 0 Å². The highest BCUT2D eigenvalue weighted by atomic mass is 16.5. The van der Waals surface area contributed by atoms with E-state index in [0.717, 1.165) is 0 Å². The number of nitrogens with one attached hydrogen (secondary N) is 1. The molecule has 2 aromatic carbocycles. The molecule has 2 N–H and O–H groups in total. The van der Waals surface area contributed by atoms with E-state index in [1.807, 2.05) is 0 Å². The molecule has 0 spiro atoms. The lowest BCUT2D eigenvalue weighted by Crippen LogP contribution is -2.30. The predicted octanol–water partition coefficient (Wildman–Crippen LogP) is 2.79. The van der Waals surface area contributed by atoms with Gasteiger partial charge in [0.1, 0.15) is 17.1 Å². The molecule has 0 aliphatic rings. The number of aromatic hydroxyl groups is 1. The monoisotopic (exact) mass is 357 g/mol. The van der Waals surface area contributed by atoms with Crippen molar-refractivity contribution >= 4 is 23.3 Å². The van der Waals surface area contributed by atoms with Crippen LogP contribution in [-0.2, 0) is 9.53 Å². The highest BCUT2D eigenvalue weighted by Gasteiger charge is 2.21. The Bertz CT molecular complexity index is 828. The minimum absolute atomic E-state index is 0.0729. The van der Waals surface area contributed by atoms with Crippen LogP contribution in [0.25, 0.3) is 0 Å². The fourth-order valence-corrected chi connectivity index (χ4v) is 2.12. The first-order valence-corrected chi connectivity index (χ1v) is 7.81. The normalized spacial score (nSPS) is 11.3. The smallest absolute Gasteiger partial charge is 0.342 e. The number of carbonyl (C=O) groups is 3. The van der Waals surface area contributed by atoms with Crippen LogP contribution in [0.5, 0.6) is 11.5 Å².